The van der Waals surface area contributed by atoms with Crippen LogP contribution in [-0.2, 0) is 0 Å². The Kier molecular flexibility index (Phi) is 2.91. The van der Waals surface area contributed by atoms with E-state index in [0.717, 1.165) is 31.8 Å². The summed E-state index contributed by atoms with van der Waals surface area (Å²) in [5, 5.41) is 9.30. The maximum absolute atomic E-state index is 11.4. The molecule has 0 spiro atoms. The molecular formula is C10H19N3O. The van der Waals surface area contributed by atoms with Crippen LogP contribution in [0.3, 0.4) is 0 Å². The molecule has 2 fully saturated rings. The van der Waals surface area contributed by atoms with Gasteiger partial charge in [0.2, 0.25) is 0 Å². The van der Waals surface area contributed by atoms with Crippen molar-refractivity contribution in [3.8, 4) is 0 Å². The number of carbonyl (C=O) groups excluding carboxylic acids is 1. The van der Waals surface area contributed by atoms with Crippen molar-refractivity contribution in [3.63, 3.8) is 0 Å². The number of rotatable bonds is 3. The zero-order valence-electron chi connectivity index (χ0n) is 8.68. The summed E-state index contributed by atoms with van der Waals surface area (Å²) < 4.78 is 0. The molecule has 2 rings (SSSR count). The predicted octanol–water partition coefficient (Wildman–Crippen LogP) is 0.446. The molecule has 80 valence electrons. The van der Waals surface area contributed by atoms with Crippen molar-refractivity contribution in [2.75, 3.05) is 13.1 Å². The summed E-state index contributed by atoms with van der Waals surface area (Å²) in [5.41, 5.74) is 0. The number of fused-ring (bicyclic) bond motifs is 2. The Morgan fingerprint density at radius 3 is 2.93 bits per heavy atom. The summed E-state index contributed by atoms with van der Waals surface area (Å²) in [7, 11) is 0. The third kappa shape index (κ3) is 2.00. The summed E-state index contributed by atoms with van der Waals surface area (Å²) >= 11 is 0. The third-order valence-electron chi connectivity index (χ3n) is 3.18. The van der Waals surface area contributed by atoms with Gasteiger partial charge in [-0.25, -0.2) is 4.79 Å². The van der Waals surface area contributed by atoms with Crippen molar-refractivity contribution < 1.29 is 4.79 Å². The van der Waals surface area contributed by atoms with E-state index in [1.807, 2.05) is 0 Å². The van der Waals surface area contributed by atoms with Gasteiger partial charge < -0.3 is 16.0 Å². The maximum atomic E-state index is 11.4. The lowest BCUT2D eigenvalue weighted by Crippen LogP contribution is -2.51. The molecule has 14 heavy (non-hydrogen) atoms. The smallest absolute Gasteiger partial charge is 0.315 e. The van der Waals surface area contributed by atoms with Gasteiger partial charge >= 0.3 is 6.03 Å². The summed E-state index contributed by atoms with van der Waals surface area (Å²) in [6.45, 7) is 3.96. The second-order valence-corrected chi connectivity index (χ2v) is 4.36. The molecule has 3 atom stereocenters. The van der Waals surface area contributed by atoms with E-state index in [1.165, 1.54) is 6.42 Å². The Labute approximate surface area is 84.8 Å². The number of hydrogen-bond acceptors (Lipinski definition) is 2. The van der Waals surface area contributed by atoms with E-state index in [-0.39, 0.29) is 6.03 Å². The lowest BCUT2D eigenvalue weighted by atomic mass is 10.1. The topological polar surface area (TPSA) is 53.2 Å². The summed E-state index contributed by atoms with van der Waals surface area (Å²) in [5.74, 6) is 0.788. The van der Waals surface area contributed by atoms with Gasteiger partial charge in [0.15, 0.2) is 0 Å². The van der Waals surface area contributed by atoms with E-state index in [2.05, 4.69) is 22.9 Å². The maximum Gasteiger partial charge on any atom is 0.315 e. The molecule has 0 radical (unpaired) electrons. The fourth-order valence-corrected chi connectivity index (χ4v) is 2.47. The largest absolute Gasteiger partial charge is 0.338 e. The molecule has 2 bridgehead atoms. The van der Waals surface area contributed by atoms with Crippen molar-refractivity contribution in [1.82, 2.24) is 16.0 Å². The highest BCUT2D eigenvalue weighted by Crippen LogP contribution is 2.30. The molecular weight excluding hydrogens is 178 g/mol. The Morgan fingerprint density at radius 1 is 1.50 bits per heavy atom. The molecule has 1 heterocycles. The van der Waals surface area contributed by atoms with Gasteiger partial charge in [-0.05, 0) is 31.7 Å². The number of piperidine rings is 1. The Balaban J connectivity index is 1.73. The van der Waals surface area contributed by atoms with Crippen molar-refractivity contribution >= 4 is 6.03 Å². The van der Waals surface area contributed by atoms with Gasteiger partial charge in [-0.1, -0.05) is 6.92 Å². The number of urea groups is 1. The average Bonchev–Trinajstić information content (AvgIpc) is 2.76. The zero-order chi connectivity index (χ0) is 9.97. The lowest BCUT2D eigenvalue weighted by molar-refractivity contribution is 0.233. The minimum atomic E-state index is -0.00815. The molecule has 3 unspecified atom stereocenters. The Bertz CT molecular complexity index is 219. The van der Waals surface area contributed by atoms with Gasteiger partial charge in [0, 0.05) is 18.6 Å². The van der Waals surface area contributed by atoms with E-state index >= 15 is 0 Å². The molecule has 1 saturated carbocycles. The van der Waals surface area contributed by atoms with E-state index < -0.39 is 0 Å². The molecule has 2 aliphatic rings. The highest BCUT2D eigenvalue weighted by molar-refractivity contribution is 5.74. The first-order valence-electron chi connectivity index (χ1n) is 5.57. The summed E-state index contributed by atoms with van der Waals surface area (Å²) in [4.78, 5) is 11.4. The first-order chi connectivity index (χ1) is 6.79. The van der Waals surface area contributed by atoms with Crippen LogP contribution in [0.4, 0.5) is 4.79 Å². The van der Waals surface area contributed by atoms with Gasteiger partial charge in [0.1, 0.15) is 0 Å². The van der Waals surface area contributed by atoms with Crippen molar-refractivity contribution in [3.05, 3.63) is 0 Å². The van der Waals surface area contributed by atoms with Crippen LogP contribution in [0.25, 0.3) is 0 Å². The van der Waals surface area contributed by atoms with Crippen LogP contribution in [0.2, 0.25) is 0 Å². The van der Waals surface area contributed by atoms with Crippen LogP contribution >= 0.6 is 0 Å². The minimum absolute atomic E-state index is 0.00815. The fourth-order valence-electron chi connectivity index (χ4n) is 2.47. The first kappa shape index (κ1) is 9.77. The second kappa shape index (κ2) is 4.17. The van der Waals surface area contributed by atoms with Crippen LogP contribution < -0.4 is 16.0 Å². The number of carbonyl (C=O) groups is 1. The highest BCUT2D eigenvalue weighted by atomic mass is 16.2. The molecule has 1 aliphatic heterocycles. The molecule has 3 N–H and O–H groups in total. The van der Waals surface area contributed by atoms with Gasteiger partial charge in [-0.15, -0.1) is 0 Å². The van der Waals surface area contributed by atoms with Gasteiger partial charge in [0.05, 0.1) is 0 Å². The Morgan fingerprint density at radius 2 is 2.36 bits per heavy atom. The molecule has 0 aromatic heterocycles. The molecule has 0 aromatic rings. The monoisotopic (exact) mass is 197 g/mol. The number of amides is 2. The average molecular weight is 197 g/mol. The van der Waals surface area contributed by atoms with Crippen LogP contribution in [0.1, 0.15) is 26.2 Å². The SMILES string of the molecule is CCCNC(=O)NC1CC2CNC1C2. The van der Waals surface area contributed by atoms with E-state index in [4.69, 9.17) is 0 Å². The van der Waals surface area contributed by atoms with Gasteiger partial charge in [-0.3, -0.25) is 0 Å². The van der Waals surface area contributed by atoms with Gasteiger partial charge in [-0.2, -0.15) is 0 Å². The fraction of sp³-hybridized carbons (Fsp3) is 0.900. The minimum Gasteiger partial charge on any atom is -0.338 e. The molecule has 0 aromatic carbocycles. The number of hydrogen-bond donors (Lipinski definition) is 3. The van der Waals surface area contributed by atoms with Crippen molar-refractivity contribution in [1.29, 1.82) is 0 Å². The first-order valence-corrected chi connectivity index (χ1v) is 5.57. The zero-order valence-corrected chi connectivity index (χ0v) is 8.68. The van der Waals surface area contributed by atoms with E-state index in [1.54, 1.807) is 0 Å². The molecule has 1 saturated heterocycles. The van der Waals surface area contributed by atoms with Crippen molar-refractivity contribution in [2.24, 2.45) is 5.92 Å². The molecule has 1 aliphatic carbocycles. The Hall–Kier alpha value is -0.770. The summed E-state index contributed by atoms with van der Waals surface area (Å²) in [6.07, 6.45) is 3.37. The highest BCUT2D eigenvalue weighted by Gasteiger charge is 2.39. The van der Waals surface area contributed by atoms with Crippen molar-refractivity contribution in [2.45, 2.75) is 38.3 Å². The quantitative estimate of drug-likeness (QED) is 0.615. The molecule has 2 amide bonds. The van der Waals surface area contributed by atoms with Crippen LogP contribution in [0.15, 0.2) is 0 Å². The molecule has 4 nitrogen and oxygen atoms in total. The second-order valence-electron chi connectivity index (χ2n) is 4.36. The van der Waals surface area contributed by atoms with Crippen LogP contribution in [0.5, 0.6) is 0 Å². The normalized spacial score (nSPS) is 34.5. The summed E-state index contributed by atoms with van der Waals surface area (Å²) in [6, 6.07) is 0.865. The molecule has 4 heteroatoms. The van der Waals surface area contributed by atoms with E-state index in [0.29, 0.717) is 12.1 Å². The number of nitrogens with one attached hydrogen (secondary N) is 3. The van der Waals surface area contributed by atoms with Crippen LogP contribution in [0, 0.1) is 5.92 Å². The lowest BCUT2D eigenvalue weighted by Gasteiger charge is -2.23. The van der Waals surface area contributed by atoms with E-state index in [9.17, 15) is 4.79 Å². The standard InChI is InChI=1S/C10H19N3O/c1-2-3-11-10(14)13-9-5-7-4-8(9)12-6-7/h7-9,12H,2-6H2,1H3,(H2,11,13,14). The third-order valence-corrected chi connectivity index (χ3v) is 3.18. The predicted molar refractivity (Wildman–Crippen MR) is 55.1 cm³/mol. The van der Waals surface area contributed by atoms with Crippen LogP contribution in [-0.4, -0.2) is 31.2 Å². The van der Waals surface area contributed by atoms with Gasteiger partial charge in [0.25, 0.3) is 0 Å².